The molecule has 0 aliphatic heterocycles. The highest BCUT2D eigenvalue weighted by molar-refractivity contribution is 6.32. The summed E-state index contributed by atoms with van der Waals surface area (Å²) in [7, 11) is 3.67. The van der Waals surface area contributed by atoms with Gasteiger partial charge < -0.3 is 10.1 Å². The number of nitrogens with one attached hydrogen (secondary N) is 1. The van der Waals surface area contributed by atoms with Gasteiger partial charge in [0.05, 0.1) is 12.1 Å². The van der Waals surface area contributed by atoms with E-state index in [0.717, 1.165) is 11.7 Å². The second-order valence-corrected chi connectivity index (χ2v) is 5.87. The Morgan fingerprint density at radius 2 is 2.11 bits per heavy atom. The summed E-state index contributed by atoms with van der Waals surface area (Å²) in [5, 5.41) is 4.10. The minimum atomic E-state index is 0.393. The molecule has 0 heterocycles. The van der Waals surface area contributed by atoms with E-state index < -0.39 is 0 Å². The molecule has 19 heavy (non-hydrogen) atoms. The van der Waals surface area contributed by atoms with Crippen LogP contribution in [0.15, 0.2) is 18.2 Å². The first-order chi connectivity index (χ1) is 9.24. The van der Waals surface area contributed by atoms with Crippen molar-refractivity contribution >= 4 is 11.6 Å². The maximum Gasteiger partial charge on any atom is 0.137 e. The number of ether oxygens (including phenoxy) is 1. The van der Waals surface area contributed by atoms with Gasteiger partial charge in [0.2, 0.25) is 0 Å². The van der Waals surface area contributed by atoms with Crippen LogP contribution in [0.25, 0.3) is 0 Å². The number of rotatable bonds is 6. The summed E-state index contributed by atoms with van der Waals surface area (Å²) < 4.78 is 5.20. The largest absolute Gasteiger partial charge is 0.495 e. The van der Waals surface area contributed by atoms with E-state index in [9.17, 15) is 0 Å². The molecule has 1 unspecified atom stereocenters. The second kappa shape index (κ2) is 7.16. The van der Waals surface area contributed by atoms with E-state index in [0.29, 0.717) is 11.1 Å². The average Bonchev–Trinajstić information content (AvgIpc) is 2.93. The second-order valence-electron chi connectivity index (χ2n) is 5.46. The fourth-order valence-electron chi connectivity index (χ4n) is 3.08. The smallest absolute Gasteiger partial charge is 0.137 e. The number of hydrogen-bond donors (Lipinski definition) is 1. The van der Waals surface area contributed by atoms with Gasteiger partial charge in [-0.3, -0.25) is 0 Å². The van der Waals surface area contributed by atoms with Crippen LogP contribution in [0.2, 0.25) is 5.02 Å². The zero-order valence-corrected chi connectivity index (χ0v) is 12.7. The van der Waals surface area contributed by atoms with Gasteiger partial charge >= 0.3 is 0 Å². The maximum absolute atomic E-state index is 6.21. The fraction of sp³-hybridized carbons (Fsp3) is 0.625. The average molecular weight is 282 g/mol. The lowest BCUT2D eigenvalue weighted by atomic mass is 9.95. The highest BCUT2D eigenvalue weighted by atomic mass is 35.5. The van der Waals surface area contributed by atoms with Crippen molar-refractivity contribution < 1.29 is 4.74 Å². The molecule has 1 aliphatic carbocycles. The summed E-state index contributed by atoms with van der Waals surface area (Å²) >= 11 is 6.21. The SMILES string of the molecule is CNC(CCC1CCCC1)c1ccc(OC)c(Cl)c1. The molecule has 1 aromatic carbocycles. The van der Waals surface area contributed by atoms with Crippen LogP contribution >= 0.6 is 11.6 Å². The van der Waals surface area contributed by atoms with E-state index in [-0.39, 0.29) is 0 Å². The van der Waals surface area contributed by atoms with Crippen molar-refractivity contribution in [3.05, 3.63) is 28.8 Å². The molecule has 0 saturated heterocycles. The van der Waals surface area contributed by atoms with Gasteiger partial charge in [-0.15, -0.1) is 0 Å². The Morgan fingerprint density at radius 1 is 1.37 bits per heavy atom. The first kappa shape index (κ1) is 14.7. The summed E-state index contributed by atoms with van der Waals surface area (Å²) in [6.07, 6.45) is 8.17. The number of hydrogen-bond acceptors (Lipinski definition) is 2. The molecular formula is C16H24ClNO. The Balaban J connectivity index is 1.97. The highest BCUT2D eigenvalue weighted by Gasteiger charge is 2.18. The fourth-order valence-corrected chi connectivity index (χ4v) is 3.34. The topological polar surface area (TPSA) is 21.3 Å². The van der Waals surface area contributed by atoms with Gasteiger partial charge in [-0.2, -0.15) is 0 Å². The van der Waals surface area contributed by atoms with Crippen LogP contribution in [0.4, 0.5) is 0 Å². The number of methoxy groups -OCH3 is 1. The van der Waals surface area contributed by atoms with Gasteiger partial charge in [0, 0.05) is 6.04 Å². The van der Waals surface area contributed by atoms with E-state index in [4.69, 9.17) is 16.3 Å². The molecule has 1 saturated carbocycles. The van der Waals surface area contributed by atoms with Crippen LogP contribution in [0.3, 0.4) is 0 Å². The Hall–Kier alpha value is -0.730. The van der Waals surface area contributed by atoms with Crippen molar-refractivity contribution in [2.45, 2.75) is 44.6 Å². The predicted octanol–water partition coefficient (Wildman–Crippen LogP) is 4.58. The molecular weight excluding hydrogens is 258 g/mol. The third kappa shape index (κ3) is 3.87. The van der Waals surface area contributed by atoms with E-state index in [2.05, 4.69) is 11.4 Å². The molecule has 0 bridgehead atoms. The third-order valence-electron chi connectivity index (χ3n) is 4.27. The molecule has 0 radical (unpaired) electrons. The van der Waals surface area contributed by atoms with Crippen LogP contribution in [0, 0.1) is 5.92 Å². The molecule has 1 atom stereocenters. The van der Waals surface area contributed by atoms with Crippen molar-refractivity contribution in [1.29, 1.82) is 0 Å². The lowest BCUT2D eigenvalue weighted by Crippen LogP contribution is -2.17. The Labute approximate surface area is 121 Å². The first-order valence-corrected chi connectivity index (χ1v) is 7.63. The van der Waals surface area contributed by atoms with Crippen LogP contribution in [-0.2, 0) is 0 Å². The van der Waals surface area contributed by atoms with Crippen molar-refractivity contribution in [2.75, 3.05) is 14.2 Å². The van der Waals surface area contributed by atoms with E-state index in [1.807, 2.05) is 19.2 Å². The van der Waals surface area contributed by atoms with Gasteiger partial charge in [0.1, 0.15) is 5.75 Å². The summed E-state index contributed by atoms with van der Waals surface area (Å²) in [5.41, 5.74) is 1.26. The normalized spacial score (nSPS) is 17.6. The summed E-state index contributed by atoms with van der Waals surface area (Å²) in [4.78, 5) is 0. The van der Waals surface area contributed by atoms with E-state index >= 15 is 0 Å². The molecule has 106 valence electrons. The van der Waals surface area contributed by atoms with Crippen molar-refractivity contribution in [3.8, 4) is 5.75 Å². The van der Waals surface area contributed by atoms with Crippen molar-refractivity contribution in [2.24, 2.45) is 5.92 Å². The Bertz CT molecular complexity index is 402. The standard InChI is InChI=1S/C16H24ClNO/c1-18-15(9-7-12-5-3-4-6-12)13-8-10-16(19-2)14(17)11-13/h8,10-12,15,18H,3-7,9H2,1-2H3. The predicted molar refractivity (Wildman–Crippen MR) is 81.0 cm³/mol. The van der Waals surface area contributed by atoms with Crippen molar-refractivity contribution in [3.63, 3.8) is 0 Å². The highest BCUT2D eigenvalue weighted by Crippen LogP contribution is 2.33. The van der Waals surface area contributed by atoms with E-state index in [1.54, 1.807) is 7.11 Å². The molecule has 1 aliphatic rings. The number of benzene rings is 1. The minimum Gasteiger partial charge on any atom is -0.495 e. The van der Waals surface area contributed by atoms with Gasteiger partial charge in [0.25, 0.3) is 0 Å². The lowest BCUT2D eigenvalue weighted by Gasteiger charge is -2.19. The molecule has 2 nitrogen and oxygen atoms in total. The zero-order chi connectivity index (χ0) is 13.7. The van der Waals surface area contributed by atoms with Crippen LogP contribution < -0.4 is 10.1 Å². The van der Waals surface area contributed by atoms with Gasteiger partial charge in [0.15, 0.2) is 0 Å². The monoisotopic (exact) mass is 281 g/mol. The quantitative estimate of drug-likeness (QED) is 0.824. The zero-order valence-electron chi connectivity index (χ0n) is 11.9. The molecule has 1 aromatic rings. The first-order valence-electron chi connectivity index (χ1n) is 7.25. The van der Waals surface area contributed by atoms with Crippen LogP contribution in [0.1, 0.15) is 50.1 Å². The summed E-state index contributed by atoms with van der Waals surface area (Å²) in [5.74, 6) is 1.68. The molecule has 0 aromatic heterocycles. The summed E-state index contributed by atoms with van der Waals surface area (Å²) in [6, 6.07) is 6.48. The van der Waals surface area contributed by atoms with Gasteiger partial charge in [-0.05, 0) is 43.5 Å². The lowest BCUT2D eigenvalue weighted by molar-refractivity contribution is 0.412. The molecule has 0 amide bonds. The maximum atomic E-state index is 6.21. The molecule has 3 heteroatoms. The van der Waals surface area contributed by atoms with Gasteiger partial charge in [-0.1, -0.05) is 43.4 Å². The Kier molecular flexibility index (Phi) is 5.53. The molecule has 0 spiro atoms. The molecule has 1 N–H and O–H groups in total. The van der Waals surface area contributed by atoms with Crippen molar-refractivity contribution in [1.82, 2.24) is 5.32 Å². The van der Waals surface area contributed by atoms with Gasteiger partial charge in [-0.25, -0.2) is 0 Å². The number of halogens is 1. The van der Waals surface area contributed by atoms with E-state index in [1.165, 1.54) is 44.1 Å². The van der Waals surface area contributed by atoms with Crippen LogP contribution in [0.5, 0.6) is 5.75 Å². The third-order valence-corrected chi connectivity index (χ3v) is 4.56. The minimum absolute atomic E-state index is 0.393. The molecule has 2 rings (SSSR count). The summed E-state index contributed by atoms with van der Waals surface area (Å²) in [6.45, 7) is 0. The Morgan fingerprint density at radius 3 is 2.68 bits per heavy atom. The molecule has 1 fully saturated rings. The van der Waals surface area contributed by atoms with Crippen LogP contribution in [-0.4, -0.2) is 14.2 Å².